The number of thiazole rings is 1. The quantitative estimate of drug-likeness (QED) is 0.633. The van der Waals surface area contributed by atoms with Gasteiger partial charge in [0.15, 0.2) is 11.5 Å². The molecule has 0 aliphatic heterocycles. The molecule has 6 nitrogen and oxygen atoms in total. The van der Waals surface area contributed by atoms with Gasteiger partial charge in [-0.1, -0.05) is 19.1 Å². The van der Waals surface area contributed by atoms with Crippen LogP contribution in [0.25, 0.3) is 0 Å². The van der Waals surface area contributed by atoms with Gasteiger partial charge in [0, 0.05) is 18.5 Å². The van der Waals surface area contributed by atoms with Crippen molar-refractivity contribution in [3.8, 4) is 11.5 Å². The molecule has 0 aliphatic rings. The van der Waals surface area contributed by atoms with Crippen molar-refractivity contribution in [1.82, 2.24) is 9.88 Å². The molecule has 0 radical (unpaired) electrons. The largest absolute Gasteiger partial charge is 0.493 e. The van der Waals surface area contributed by atoms with Crippen LogP contribution in [-0.4, -0.2) is 42.7 Å². The molecule has 1 heterocycles. The van der Waals surface area contributed by atoms with Crippen LogP contribution in [0.15, 0.2) is 29.6 Å². The monoisotopic (exact) mass is 378 g/mol. The molecule has 1 aromatic carbocycles. The van der Waals surface area contributed by atoms with Crippen LogP contribution in [0.1, 0.15) is 31.0 Å². The first-order valence-electron chi connectivity index (χ1n) is 8.56. The van der Waals surface area contributed by atoms with Crippen molar-refractivity contribution in [3.05, 3.63) is 40.3 Å². The zero-order valence-electron chi connectivity index (χ0n) is 15.7. The molecule has 0 saturated carbocycles. The Bertz CT molecular complexity index is 704. The molecule has 2 aromatic rings. The van der Waals surface area contributed by atoms with Crippen LogP contribution in [0, 0.1) is 0 Å². The Hall–Kier alpha value is -2.12. The van der Waals surface area contributed by atoms with Crippen LogP contribution < -0.4 is 9.47 Å². The van der Waals surface area contributed by atoms with Gasteiger partial charge in [-0.2, -0.15) is 0 Å². The topological polar surface area (TPSA) is 60.9 Å². The van der Waals surface area contributed by atoms with Crippen molar-refractivity contribution in [2.45, 2.75) is 39.5 Å². The molecule has 0 bridgehead atoms. The number of benzene rings is 1. The van der Waals surface area contributed by atoms with Crippen LogP contribution in [-0.2, 0) is 22.7 Å². The third-order valence-corrected chi connectivity index (χ3v) is 4.93. The Morgan fingerprint density at radius 3 is 2.65 bits per heavy atom. The number of amides is 1. The third-order valence-electron chi connectivity index (χ3n) is 4.06. The van der Waals surface area contributed by atoms with E-state index in [0.717, 1.165) is 17.1 Å². The number of carbonyl (C=O) groups is 1. The lowest BCUT2D eigenvalue weighted by atomic mass is 10.2. The van der Waals surface area contributed by atoms with Crippen LogP contribution in [0.5, 0.6) is 11.5 Å². The number of aromatic nitrogens is 1. The minimum Gasteiger partial charge on any atom is -0.493 e. The van der Waals surface area contributed by atoms with Crippen molar-refractivity contribution in [3.63, 3.8) is 0 Å². The maximum Gasteiger partial charge on any atom is 0.249 e. The SMILES string of the molecule is CC[C@@H](C)N(Cc1csc(COc2ccccc2OC)n1)C(=O)COC. The number of nitrogens with zero attached hydrogens (tertiary/aromatic N) is 2. The Kier molecular flexibility index (Phi) is 7.87. The fourth-order valence-corrected chi connectivity index (χ4v) is 3.15. The Morgan fingerprint density at radius 1 is 1.27 bits per heavy atom. The highest BCUT2D eigenvalue weighted by Gasteiger charge is 2.20. The summed E-state index contributed by atoms with van der Waals surface area (Å²) in [6.45, 7) is 5.01. The summed E-state index contributed by atoms with van der Waals surface area (Å²) < 4.78 is 16.1. The molecule has 0 fully saturated rings. The standard InChI is InChI=1S/C19H26N2O4S/c1-5-14(2)21(19(22)12-23-3)10-15-13-26-18(20-15)11-25-17-9-7-6-8-16(17)24-4/h6-9,13-14H,5,10-12H2,1-4H3/t14-/m1/s1. The van der Waals surface area contributed by atoms with E-state index in [9.17, 15) is 4.79 Å². The van der Waals surface area contributed by atoms with E-state index in [1.807, 2.05) is 41.5 Å². The molecule has 7 heteroatoms. The van der Waals surface area contributed by atoms with E-state index in [1.165, 1.54) is 18.4 Å². The zero-order valence-corrected chi connectivity index (χ0v) is 16.5. The number of rotatable bonds is 10. The van der Waals surface area contributed by atoms with Crippen molar-refractivity contribution in [1.29, 1.82) is 0 Å². The highest BCUT2D eigenvalue weighted by molar-refractivity contribution is 7.09. The van der Waals surface area contributed by atoms with E-state index < -0.39 is 0 Å². The van der Waals surface area contributed by atoms with E-state index in [0.29, 0.717) is 24.7 Å². The van der Waals surface area contributed by atoms with Gasteiger partial charge in [0.25, 0.3) is 0 Å². The van der Waals surface area contributed by atoms with Crippen molar-refractivity contribution in [2.24, 2.45) is 0 Å². The molecule has 1 atom stereocenters. The highest BCUT2D eigenvalue weighted by atomic mass is 32.1. The van der Waals surface area contributed by atoms with Crippen molar-refractivity contribution >= 4 is 17.2 Å². The lowest BCUT2D eigenvalue weighted by molar-refractivity contribution is -0.138. The first-order chi connectivity index (χ1) is 12.6. The Balaban J connectivity index is 2.00. The molecular formula is C19H26N2O4S. The van der Waals surface area contributed by atoms with Gasteiger partial charge < -0.3 is 19.1 Å². The maximum absolute atomic E-state index is 12.3. The van der Waals surface area contributed by atoms with E-state index in [1.54, 1.807) is 7.11 Å². The summed E-state index contributed by atoms with van der Waals surface area (Å²) in [5.74, 6) is 1.35. The smallest absolute Gasteiger partial charge is 0.249 e. The second-order valence-corrected chi connectivity index (χ2v) is 6.83. The molecule has 0 aliphatic carbocycles. The predicted molar refractivity (Wildman–Crippen MR) is 102 cm³/mol. The Morgan fingerprint density at radius 2 is 2.00 bits per heavy atom. The van der Waals surface area contributed by atoms with Crippen molar-refractivity contribution < 1.29 is 19.0 Å². The van der Waals surface area contributed by atoms with Gasteiger partial charge >= 0.3 is 0 Å². The van der Waals surface area contributed by atoms with Gasteiger partial charge in [-0.25, -0.2) is 4.98 Å². The molecule has 1 amide bonds. The lowest BCUT2D eigenvalue weighted by Crippen LogP contribution is -2.39. The molecule has 142 valence electrons. The number of ether oxygens (including phenoxy) is 3. The minimum absolute atomic E-state index is 0.0262. The van der Waals surface area contributed by atoms with Crippen LogP contribution in [0.2, 0.25) is 0 Å². The van der Waals surface area contributed by atoms with Crippen molar-refractivity contribution in [2.75, 3.05) is 20.8 Å². The first-order valence-corrected chi connectivity index (χ1v) is 9.44. The number of hydrogen-bond donors (Lipinski definition) is 0. The second kappa shape index (κ2) is 10.1. The number of hydrogen-bond acceptors (Lipinski definition) is 6. The summed E-state index contributed by atoms with van der Waals surface area (Å²) in [4.78, 5) is 18.7. The van der Waals surface area contributed by atoms with E-state index >= 15 is 0 Å². The van der Waals surface area contributed by atoms with Crippen LogP contribution in [0.3, 0.4) is 0 Å². The molecule has 26 heavy (non-hydrogen) atoms. The van der Waals surface area contributed by atoms with Gasteiger partial charge in [-0.15, -0.1) is 11.3 Å². The van der Waals surface area contributed by atoms with Gasteiger partial charge in [0.1, 0.15) is 18.2 Å². The lowest BCUT2D eigenvalue weighted by Gasteiger charge is -2.27. The summed E-state index contributed by atoms with van der Waals surface area (Å²) in [7, 11) is 3.15. The zero-order chi connectivity index (χ0) is 18.9. The summed E-state index contributed by atoms with van der Waals surface area (Å²) in [6, 6.07) is 7.65. The fourth-order valence-electron chi connectivity index (χ4n) is 2.46. The van der Waals surface area contributed by atoms with Gasteiger partial charge in [-0.05, 0) is 25.5 Å². The van der Waals surface area contributed by atoms with E-state index in [-0.39, 0.29) is 18.6 Å². The normalized spacial score (nSPS) is 11.8. The Labute approximate surface area is 158 Å². The molecule has 2 rings (SSSR count). The summed E-state index contributed by atoms with van der Waals surface area (Å²) in [6.07, 6.45) is 0.878. The average molecular weight is 378 g/mol. The highest BCUT2D eigenvalue weighted by Crippen LogP contribution is 2.27. The summed E-state index contributed by atoms with van der Waals surface area (Å²) in [5, 5.41) is 2.82. The van der Waals surface area contributed by atoms with Gasteiger partial charge in [0.05, 0.1) is 19.3 Å². The molecule has 1 aromatic heterocycles. The molecule has 0 unspecified atom stereocenters. The average Bonchev–Trinajstić information content (AvgIpc) is 3.11. The molecular weight excluding hydrogens is 352 g/mol. The molecule has 0 saturated heterocycles. The first kappa shape index (κ1) is 20.2. The van der Waals surface area contributed by atoms with Gasteiger partial charge in [-0.3, -0.25) is 4.79 Å². The third kappa shape index (κ3) is 5.44. The van der Waals surface area contributed by atoms with Crippen LogP contribution in [0.4, 0.5) is 0 Å². The number of carbonyl (C=O) groups excluding carboxylic acids is 1. The van der Waals surface area contributed by atoms with E-state index in [2.05, 4.69) is 11.9 Å². The van der Waals surface area contributed by atoms with Crippen LogP contribution >= 0.6 is 11.3 Å². The maximum atomic E-state index is 12.3. The number of methoxy groups -OCH3 is 2. The molecule has 0 spiro atoms. The van der Waals surface area contributed by atoms with E-state index in [4.69, 9.17) is 14.2 Å². The van der Waals surface area contributed by atoms with Gasteiger partial charge in [0.2, 0.25) is 5.91 Å². The second-order valence-electron chi connectivity index (χ2n) is 5.88. The summed E-state index contributed by atoms with van der Waals surface area (Å²) >= 11 is 1.52. The molecule has 0 N–H and O–H groups in total. The summed E-state index contributed by atoms with van der Waals surface area (Å²) in [5.41, 5.74) is 0.860. The number of para-hydroxylation sites is 2. The predicted octanol–water partition coefficient (Wildman–Crippen LogP) is 3.50. The fraction of sp³-hybridized carbons (Fsp3) is 0.474. The minimum atomic E-state index is -0.0262.